The molecule has 2 heterocycles. The molecule has 0 bridgehead atoms. The van der Waals surface area contributed by atoms with Gasteiger partial charge in [-0.1, -0.05) is 13.0 Å². The van der Waals surface area contributed by atoms with E-state index >= 15 is 0 Å². The lowest BCUT2D eigenvalue weighted by Crippen LogP contribution is -1.94. The highest BCUT2D eigenvalue weighted by molar-refractivity contribution is 7.10. The molecule has 0 saturated heterocycles. The van der Waals surface area contributed by atoms with Crippen molar-refractivity contribution in [3.63, 3.8) is 0 Å². The number of furan rings is 1. The summed E-state index contributed by atoms with van der Waals surface area (Å²) in [7, 11) is 0. The molecule has 2 nitrogen and oxygen atoms in total. The molecular weight excluding hydrogens is 220 g/mol. The number of rotatable bonds is 3. The van der Waals surface area contributed by atoms with Gasteiger partial charge in [-0.25, -0.2) is 0 Å². The normalized spacial score (nSPS) is 25.6. The molecule has 3 atom stereocenters. The number of hydrogen-bond acceptors (Lipinski definition) is 3. The first-order valence-electron chi connectivity index (χ1n) is 5.57. The Morgan fingerprint density at radius 1 is 1.44 bits per heavy atom. The van der Waals surface area contributed by atoms with Gasteiger partial charge in [0, 0.05) is 10.8 Å². The fourth-order valence-electron chi connectivity index (χ4n) is 2.02. The Kier molecular flexibility index (Phi) is 2.37. The molecule has 1 aliphatic rings. The Morgan fingerprint density at radius 3 is 2.88 bits per heavy atom. The third-order valence-corrected chi connectivity index (χ3v) is 4.13. The smallest absolute Gasteiger partial charge is 0.146 e. The zero-order valence-corrected chi connectivity index (χ0v) is 9.91. The average Bonchev–Trinajstić information content (AvgIpc) is 2.84. The molecule has 0 spiro atoms. The summed E-state index contributed by atoms with van der Waals surface area (Å²) in [6, 6.07) is 7.76. The predicted octanol–water partition coefficient (Wildman–Crippen LogP) is 3.55. The average molecular weight is 234 g/mol. The second kappa shape index (κ2) is 3.75. The molecular formula is C13H14O2S. The molecule has 3 heteroatoms. The van der Waals surface area contributed by atoms with Gasteiger partial charge in [-0.05, 0) is 35.9 Å². The quantitative estimate of drug-likeness (QED) is 0.881. The highest BCUT2D eigenvalue weighted by atomic mass is 32.1. The van der Waals surface area contributed by atoms with E-state index in [1.54, 1.807) is 11.3 Å². The van der Waals surface area contributed by atoms with Crippen LogP contribution in [0.5, 0.6) is 0 Å². The second-order valence-corrected chi connectivity index (χ2v) is 5.46. The third kappa shape index (κ3) is 1.70. The number of aliphatic hydroxyl groups is 1. The van der Waals surface area contributed by atoms with Crippen LogP contribution in [0.15, 0.2) is 34.1 Å². The molecule has 3 rings (SSSR count). The van der Waals surface area contributed by atoms with Crippen LogP contribution in [0.3, 0.4) is 0 Å². The summed E-state index contributed by atoms with van der Waals surface area (Å²) in [5.41, 5.74) is 0. The zero-order valence-electron chi connectivity index (χ0n) is 9.09. The van der Waals surface area contributed by atoms with Gasteiger partial charge in [0.2, 0.25) is 0 Å². The minimum absolute atomic E-state index is 0.573. The van der Waals surface area contributed by atoms with Crippen LogP contribution >= 0.6 is 11.3 Å². The van der Waals surface area contributed by atoms with Gasteiger partial charge < -0.3 is 9.52 Å². The topological polar surface area (TPSA) is 33.4 Å². The van der Waals surface area contributed by atoms with Crippen molar-refractivity contribution < 1.29 is 9.52 Å². The SMILES string of the molecule is CC1CC1c1ccc(C(O)c2cccs2)o1. The van der Waals surface area contributed by atoms with Gasteiger partial charge >= 0.3 is 0 Å². The predicted molar refractivity (Wildman–Crippen MR) is 63.6 cm³/mol. The summed E-state index contributed by atoms with van der Waals surface area (Å²) in [6.07, 6.45) is 0.602. The van der Waals surface area contributed by atoms with Crippen molar-refractivity contribution in [2.45, 2.75) is 25.4 Å². The monoisotopic (exact) mass is 234 g/mol. The number of thiophene rings is 1. The first kappa shape index (κ1) is 10.1. The lowest BCUT2D eigenvalue weighted by atomic mass is 10.2. The molecule has 0 amide bonds. The van der Waals surface area contributed by atoms with Gasteiger partial charge in [-0.3, -0.25) is 0 Å². The minimum Gasteiger partial charge on any atom is -0.463 e. The minimum atomic E-state index is -0.609. The van der Waals surface area contributed by atoms with Gasteiger partial charge in [-0.2, -0.15) is 0 Å². The van der Waals surface area contributed by atoms with Crippen molar-refractivity contribution in [2.24, 2.45) is 5.92 Å². The molecule has 1 N–H and O–H groups in total. The Bertz CT molecular complexity index is 472. The molecule has 84 valence electrons. The van der Waals surface area contributed by atoms with E-state index in [4.69, 9.17) is 4.42 Å². The summed E-state index contributed by atoms with van der Waals surface area (Å²) < 4.78 is 5.72. The number of hydrogen-bond donors (Lipinski definition) is 1. The van der Waals surface area contributed by atoms with Gasteiger partial charge in [-0.15, -0.1) is 11.3 Å². The first-order valence-corrected chi connectivity index (χ1v) is 6.45. The van der Waals surface area contributed by atoms with E-state index < -0.39 is 6.10 Å². The van der Waals surface area contributed by atoms with E-state index in [9.17, 15) is 5.11 Å². The van der Waals surface area contributed by atoms with Crippen molar-refractivity contribution >= 4 is 11.3 Å². The Morgan fingerprint density at radius 2 is 2.25 bits per heavy atom. The summed E-state index contributed by atoms with van der Waals surface area (Å²) in [5, 5.41) is 12.0. The second-order valence-electron chi connectivity index (χ2n) is 4.48. The molecule has 1 aliphatic carbocycles. The van der Waals surface area contributed by atoms with Crippen molar-refractivity contribution in [2.75, 3.05) is 0 Å². The lowest BCUT2D eigenvalue weighted by Gasteiger charge is -2.04. The van der Waals surface area contributed by atoms with Crippen LogP contribution in [0.4, 0.5) is 0 Å². The van der Waals surface area contributed by atoms with Crippen LogP contribution in [0.1, 0.15) is 41.8 Å². The van der Waals surface area contributed by atoms with Crippen LogP contribution in [0.2, 0.25) is 0 Å². The maximum Gasteiger partial charge on any atom is 0.146 e. The van der Waals surface area contributed by atoms with Gasteiger partial charge in [0.05, 0.1) is 0 Å². The highest BCUT2D eigenvalue weighted by Gasteiger charge is 2.37. The van der Waals surface area contributed by atoms with Crippen LogP contribution in [-0.4, -0.2) is 5.11 Å². The molecule has 2 aromatic heterocycles. The van der Waals surface area contributed by atoms with Crippen molar-refractivity contribution in [1.82, 2.24) is 0 Å². The molecule has 0 aliphatic heterocycles. The van der Waals surface area contributed by atoms with Crippen LogP contribution in [-0.2, 0) is 0 Å². The maximum atomic E-state index is 10.1. The first-order chi connectivity index (χ1) is 7.75. The Balaban J connectivity index is 1.82. The zero-order chi connectivity index (χ0) is 11.1. The van der Waals surface area contributed by atoms with E-state index in [-0.39, 0.29) is 0 Å². The van der Waals surface area contributed by atoms with Gasteiger partial charge in [0.15, 0.2) is 0 Å². The van der Waals surface area contributed by atoms with E-state index in [0.29, 0.717) is 11.7 Å². The van der Waals surface area contributed by atoms with Crippen molar-refractivity contribution in [3.8, 4) is 0 Å². The maximum absolute atomic E-state index is 10.1. The standard InChI is InChI=1S/C13H14O2S/c1-8-7-9(8)10-4-5-11(15-10)13(14)12-3-2-6-16-12/h2-6,8-9,13-14H,7H2,1H3. The molecule has 3 unspecified atom stereocenters. The van der Waals surface area contributed by atoms with Crippen molar-refractivity contribution in [3.05, 3.63) is 46.0 Å². The van der Waals surface area contributed by atoms with E-state index in [0.717, 1.165) is 16.6 Å². The summed E-state index contributed by atoms with van der Waals surface area (Å²) in [6.45, 7) is 2.22. The largest absolute Gasteiger partial charge is 0.463 e. The Labute approximate surface area is 98.5 Å². The summed E-state index contributed by atoms with van der Waals surface area (Å²) >= 11 is 1.55. The third-order valence-electron chi connectivity index (χ3n) is 3.20. The van der Waals surface area contributed by atoms with E-state index in [1.165, 1.54) is 6.42 Å². The fraction of sp³-hybridized carbons (Fsp3) is 0.385. The van der Waals surface area contributed by atoms with E-state index in [1.807, 2.05) is 29.6 Å². The lowest BCUT2D eigenvalue weighted by molar-refractivity contribution is 0.190. The fourth-order valence-corrected chi connectivity index (χ4v) is 2.74. The van der Waals surface area contributed by atoms with Crippen LogP contribution in [0.25, 0.3) is 0 Å². The molecule has 2 aromatic rings. The molecule has 16 heavy (non-hydrogen) atoms. The number of aliphatic hydroxyl groups excluding tert-OH is 1. The van der Waals surface area contributed by atoms with Crippen LogP contribution in [0, 0.1) is 5.92 Å². The Hall–Kier alpha value is -1.06. The molecule has 0 radical (unpaired) electrons. The van der Waals surface area contributed by atoms with Crippen LogP contribution < -0.4 is 0 Å². The van der Waals surface area contributed by atoms with Gasteiger partial charge in [0.1, 0.15) is 17.6 Å². The molecule has 0 aromatic carbocycles. The summed E-state index contributed by atoms with van der Waals surface area (Å²) in [5.74, 6) is 3.00. The molecule has 1 fully saturated rings. The van der Waals surface area contributed by atoms with Crippen molar-refractivity contribution in [1.29, 1.82) is 0 Å². The highest BCUT2D eigenvalue weighted by Crippen LogP contribution is 2.47. The molecule has 1 saturated carbocycles. The van der Waals surface area contributed by atoms with Gasteiger partial charge in [0.25, 0.3) is 0 Å². The summed E-state index contributed by atoms with van der Waals surface area (Å²) in [4.78, 5) is 0.935. The van der Waals surface area contributed by atoms with E-state index in [2.05, 4.69) is 6.92 Å².